The van der Waals surface area contributed by atoms with Crippen molar-refractivity contribution in [2.24, 2.45) is 11.7 Å². The van der Waals surface area contributed by atoms with Crippen molar-refractivity contribution in [3.63, 3.8) is 0 Å². The molecule has 4 nitrogen and oxygen atoms in total. The van der Waals surface area contributed by atoms with E-state index in [-0.39, 0.29) is 35.9 Å². The number of hydrogen-bond donors (Lipinski definition) is 2. The number of aromatic hydroxyl groups is 1. The molecule has 1 aromatic carbocycles. The van der Waals surface area contributed by atoms with Crippen LogP contribution in [-0.2, 0) is 11.2 Å². The number of cyclic esters (lactones) is 1. The molecule has 0 aliphatic carbocycles. The summed E-state index contributed by atoms with van der Waals surface area (Å²) in [7, 11) is 0. The molecule has 2 unspecified atom stereocenters. The second-order valence-electron chi connectivity index (χ2n) is 5.25. The van der Waals surface area contributed by atoms with E-state index in [1.807, 2.05) is 6.07 Å². The van der Waals surface area contributed by atoms with Gasteiger partial charge in [-0.1, -0.05) is 26.0 Å². The molecule has 1 aromatic rings. The molecule has 2 rings (SSSR count). The van der Waals surface area contributed by atoms with Crippen LogP contribution in [0.25, 0.3) is 0 Å². The fourth-order valence-electron chi connectivity index (χ4n) is 2.38. The van der Waals surface area contributed by atoms with Crippen molar-refractivity contribution in [2.75, 3.05) is 0 Å². The SMILES string of the molecule is CC(C)CC(N)C1Cc2cccc(O)c2C(=O)O1.Cl. The number of nitrogens with two attached hydrogens (primary N) is 1. The summed E-state index contributed by atoms with van der Waals surface area (Å²) < 4.78 is 5.33. The summed E-state index contributed by atoms with van der Waals surface area (Å²) in [5, 5.41) is 9.66. The van der Waals surface area contributed by atoms with Crippen LogP contribution >= 0.6 is 12.4 Å². The third-order valence-electron chi connectivity index (χ3n) is 3.23. The van der Waals surface area contributed by atoms with Crippen LogP contribution in [0.3, 0.4) is 0 Å². The fourth-order valence-corrected chi connectivity index (χ4v) is 2.38. The highest BCUT2D eigenvalue weighted by Gasteiger charge is 2.32. The number of phenols is 1. The summed E-state index contributed by atoms with van der Waals surface area (Å²) in [5.41, 5.74) is 7.17. The zero-order valence-electron chi connectivity index (χ0n) is 11.1. The molecule has 5 heteroatoms. The maximum absolute atomic E-state index is 11.9. The minimum Gasteiger partial charge on any atom is -0.507 e. The van der Waals surface area contributed by atoms with E-state index in [9.17, 15) is 9.90 Å². The Morgan fingerprint density at radius 2 is 2.16 bits per heavy atom. The van der Waals surface area contributed by atoms with Crippen LogP contribution in [0.5, 0.6) is 5.75 Å². The number of carbonyl (C=O) groups is 1. The van der Waals surface area contributed by atoms with Crippen molar-refractivity contribution >= 4 is 18.4 Å². The topological polar surface area (TPSA) is 72.5 Å². The zero-order chi connectivity index (χ0) is 13.3. The average Bonchev–Trinajstić information content (AvgIpc) is 2.27. The summed E-state index contributed by atoms with van der Waals surface area (Å²) in [5.74, 6) is -0.0313. The highest BCUT2D eigenvalue weighted by Crippen LogP contribution is 2.29. The second kappa shape index (κ2) is 6.26. The fraction of sp³-hybridized carbons (Fsp3) is 0.500. The number of fused-ring (bicyclic) bond motifs is 1. The third kappa shape index (κ3) is 3.39. The van der Waals surface area contributed by atoms with Gasteiger partial charge in [-0.25, -0.2) is 4.79 Å². The van der Waals surface area contributed by atoms with Gasteiger partial charge in [0, 0.05) is 12.5 Å². The van der Waals surface area contributed by atoms with Gasteiger partial charge in [-0.15, -0.1) is 12.4 Å². The smallest absolute Gasteiger partial charge is 0.342 e. The molecule has 1 heterocycles. The number of benzene rings is 1. The largest absolute Gasteiger partial charge is 0.507 e. The molecule has 0 bridgehead atoms. The number of phenolic OH excluding ortho intramolecular Hbond substituents is 1. The first-order chi connectivity index (χ1) is 8.49. The van der Waals surface area contributed by atoms with Gasteiger partial charge in [0.2, 0.25) is 0 Å². The molecule has 0 spiro atoms. The summed E-state index contributed by atoms with van der Waals surface area (Å²) in [6.45, 7) is 4.18. The molecule has 1 aliphatic heterocycles. The molecule has 106 valence electrons. The predicted octanol–water partition coefficient (Wildman–Crippen LogP) is 2.27. The van der Waals surface area contributed by atoms with Gasteiger partial charge >= 0.3 is 5.97 Å². The number of hydrogen-bond acceptors (Lipinski definition) is 4. The van der Waals surface area contributed by atoms with Crippen LogP contribution in [0, 0.1) is 5.92 Å². The Hall–Kier alpha value is -1.26. The molecular weight excluding hydrogens is 266 g/mol. The molecule has 0 saturated carbocycles. The zero-order valence-corrected chi connectivity index (χ0v) is 11.9. The van der Waals surface area contributed by atoms with E-state index in [1.165, 1.54) is 6.07 Å². The van der Waals surface area contributed by atoms with E-state index < -0.39 is 5.97 Å². The van der Waals surface area contributed by atoms with E-state index in [0.29, 0.717) is 12.3 Å². The minimum absolute atomic E-state index is 0. The van der Waals surface area contributed by atoms with Crippen LogP contribution in [0.1, 0.15) is 36.2 Å². The van der Waals surface area contributed by atoms with E-state index >= 15 is 0 Å². The van der Waals surface area contributed by atoms with Crippen molar-refractivity contribution < 1.29 is 14.6 Å². The first kappa shape index (κ1) is 15.8. The first-order valence-corrected chi connectivity index (χ1v) is 6.26. The van der Waals surface area contributed by atoms with Gasteiger partial charge in [0.05, 0.1) is 0 Å². The summed E-state index contributed by atoms with van der Waals surface area (Å²) >= 11 is 0. The molecule has 3 N–H and O–H groups in total. The van der Waals surface area contributed by atoms with Gasteiger partial charge in [0.15, 0.2) is 0 Å². The van der Waals surface area contributed by atoms with Gasteiger partial charge in [0.25, 0.3) is 0 Å². The first-order valence-electron chi connectivity index (χ1n) is 6.26. The third-order valence-corrected chi connectivity index (χ3v) is 3.23. The monoisotopic (exact) mass is 285 g/mol. The normalized spacial score (nSPS) is 19.4. The number of esters is 1. The van der Waals surface area contributed by atoms with Gasteiger partial charge < -0.3 is 15.6 Å². The molecule has 0 saturated heterocycles. The lowest BCUT2D eigenvalue weighted by Gasteiger charge is -2.30. The number of halogens is 1. The van der Waals surface area contributed by atoms with Gasteiger partial charge in [-0.3, -0.25) is 0 Å². The van der Waals surface area contributed by atoms with Crippen molar-refractivity contribution in [3.8, 4) is 5.75 Å². The summed E-state index contributed by atoms with van der Waals surface area (Å²) in [6, 6.07) is 4.90. The highest BCUT2D eigenvalue weighted by atomic mass is 35.5. The molecule has 0 aromatic heterocycles. The van der Waals surface area contributed by atoms with Crippen LogP contribution in [0.15, 0.2) is 18.2 Å². The quantitative estimate of drug-likeness (QED) is 0.836. The molecule has 1 aliphatic rings. The van der Waals surface area contributed by atoms with Crippen molar-refractivity contribution in [2.45, 2.75) is 38.8 Å². The average molecular weight is 286 g/mol. The maximum Gasteiger partial charge on any atom is 0.342 e. The lowest BCUT2D eigenvalue weighted by molar-refractivity contribution is 0.0169. The Balaban J connectivity index is 0.00000180. The lowest BCUT2D eigenvalue weighted by Crippen LogP contribution is -2.43. The molecule has 19 heavy (non-hydrogen) atoms. The Bertz CT molecular complexity index is 462. The Morgan fingerprint density at radius 1 is 1.47 bits per heavy atom. The van der Waals surface area contributed by atoms with Crippen molar-refractivity contribution in [1.82, 2.24) is 0 Å². The van der Waals surface area contributed by atoms with Gasteiger partial charge in [-0.05, 0) is 24.0 Å². The van der Waals surface area contributed by atoms with E-state index in [4.69, 9.17) is 10.5 Å². The predicted molar refractivity (Wildman–Crippen MR) is 75.7 cm³/mol. The van der Waals surface area contributed by atoms with E-state index in [0.717, 1.165) is 12.0 Å². The number of rotatable bonds is 3. The molecule has 0 radical (unpaired) electrons. The van der Waals surface area contributed by atoms with Crippen molar-refractivity contribution in [1.29, 1.82) is 0 Å². The maximum atomic E-state index is 11.9. The standard InChI is InChI=1S/C14H19NO3.ClH/c1-8(2)6-10(15)12-7-9-4-3-5-11(16)13(9)14(17)18-12;/h3-5,8,10,12,16H,6-7,15H2,1-2H3;1H. The van der Waals surface area contributed by atoms with Crippen LogP contribution in [0.2, 0.25) is 0 Å². The van der Waals surface area contributed by atoms with Crippen molar-refractivity contribution in [3.05, 3.63) is 29.3 Å². The summed E-state index contributed by atoms with van der Waals surface area (Å²) in [6.07, 6.45) is 1.09. The molecule has 2 atom stereocenters. The van der Waals surface area contributed by atoms with E-state index in [1.54, 1.807) is 6.07 Å². The summed E-state index contributed by atoms with van der Waals surface area (Å²) in [4.78, 5) is 11.9. The Kier molecular flexibility index (Phi) is 5.20. The van der Waals surface area contributed by atoms with Crippen LogP contribution < -0.4 is 5.73 Å². The van der Waals surface area contributed by atoms with E-state index in [2.05, 4.69) is 13.8 Å². The second-order valence-corrected chi connectivity index (χ2v) is 5.25. The molecule has 0 fully saturated rings. The molecule has 0 amide bonds. The molecular formula is C14H20ClNO3. The highest BCUT2D eigenvalue weighted by molar-refractivity contribution is 5.95. The minimum atomic E-state index is -0.474. The van der Waals surface area contributed by atoms with Gasteiger partial charge in [-0.2, -0.15) is 0 Å². The number of ether oxygens (including phenoxy) is 1. The number of carbonyl (C=O) groups excluding carboxylic acids is 1. The Labute approximate surface area is 119 Å². The van der Waals surface area contributed by atoms with Gasteiger partial charge in [0.1, 0.15) is 17.4 Å². The Morgan fingerprint density at radius 3 is 2.79 bits per heavy atom. The lowest BCUT2D eigenvalue weighted by atomic mass is 9.91. The van der Waals surface area contributed by atoms with Crippen LogP contribution in [-0.4, -0.2) is 23.2 Å². The van der Waals surface area contributed by atoms with Crippen LogP contribution in [0.4, 0.5) is 0 Å².